The summed E-state index contributed by atoms with van der Waals surface area (Å²) in [5.41, 5.74) is 0.104. The SMILES string of the molecule is CC(C)CN(CCC#N)C(=O)c1cc(Br)cc([N+](=O)[O-])c1. The maximum atomic E-state index is 12.5. The molecule has 0 saturated carbocycles. The van der Waals surface area contributed by atoms with Crippen molar-refractivity contribution in [3.63, 3.8) is 0 Å². The molecule has 0 aliphatic carbocycles. The smallest absolute Gasteiger partial charge is 0.271 e. The molecule has 0 aromatic heterocycles. The molecule has 1 aromatic carbocycles. The first-order valence-electron chi connectivity index (χ1n) is 6.46. The highest BCUT2D eigenvalue weighted by Gasteiger charge is 2.20. The molecule has 0 unspecified atom stereocenters. The van der Waals surface area contributed by atoms with Crippen LogP contribution in [0.5, 0.6) is 0 Å². The Hall–Kier alpha value is -1.94. The second kappa shape index (κ2) is 7.74. The van der Waals surface area contributed by atoms with Gasteiger partial charge in [0, 0.05) is 35.3 Å². The quantitative estimate of drug-likeness (QED) is 0.579. The lowest BCUT2D eigenvalue weighted by Crippen LogP contribution is -2.35. The van der Waals surface area contributed by atoms with Gasteiger partial charge in [-0.3, -0.25) is 14.9 Å². The minimum Gasteiger partial charge on any atom is -0.337 e. The summed E-state index contributed by atoms with van der Waals surface area (Å²) in [5.74, 6) is -0.0573. The van der Waals surface area contributed by atoms with E-state index in [2.05, 4.69) is 15.9 Å². The van der Waals surface area contributed by atoms with Gasteiger partial charge in [0.2, 0.25) is 0 Å². The number of non-ortho nitro benzene ring substituents is 1. The van der Waals surface area contributed by atoms with Crippen molar-refractivity contribution in [3.05, 3.63) is 38.3 Å². The van der Waals surface area contributed by atoms with Crippen molar-refractivity contribution in [2.75, 3.05) is 13.1 Å². The first-order valence-corrected chi connectivity index (χ1v) is 7.25. The number of benzene rings is 1. The van der Waals surface area contributed by atoms with Gasteiger partial charge >= 0.3 is 0 Å². The maximum absolute atomic E-state index is 12.5. The zero-order valence-corrected chi connectivity index (χ0v) is 13.5. The standard InChI is InChI=1S/C14H16BrN3O3/c1-10(2)9-17(5-3-4-16)14(19)11-6-12(15)8-13(7-11)18(20)21/h6-8,10H,3,5,9H2,1-2H3. The van der Waals surface area contributed by atoms with Crippen LogP contribution in [0.4, 0.5) is 5.69 Å². The minimum absolute atomic E-state index is 0.141. The molecule has 1 amide bonds. The molecule has 1 aromatic rings. The number of rotatable bonds is 6. The Kier molecular flexibility index (Phi) is 6.31. The molecule has 1 rings (SSSR count). The van der Waals surface area contributed by atoms with E-state index in [1.807, 2.05) is 19.9 Å². The summed E-state index contributed by atoms with van der Waals surface area (Å²) in [6.45, 7) is 4.75. The van der Waals surface area contributed by atoms with E-state index in [4.69, 9.17) is 5.26 Å². The second-order valence-electron chi connectivity index (χ2n) is 5.01. The van der Waals surface area contributed by atoms with Gasteiger partial charge in [0.15, 0.2) is 0 Å². The van der Waals surface area contributed by atoms with Gasteiger partial charge in [-0.2, -0.15) is 5.26 Å². The highest BCUT2D eigenvalue weighted by Crippen LogP contribution is 2.22. The van der Waals surface area contributed by atoms with E-state index in [0.717, 1.165) is 0 Å². The third kappa shape index (κ3) is 5.16. The molecule has 0 atom stereocenters. The Balaban J connectivity index is 3.07. The zero-order valence-electron chi connectivity index (χ0n) is 11.9. The third-order valence-corrected chi connectivity index (χ3v) is 3.16. The Bertz CT molecular complexity index is 581. The Morgan fingerprint density at radius 1 is 1.48 bits per heavy atom. The maximum Gasteiger partial charge on any atom is 0.271 e. The summed E-state index contributed by atoms with van der Waals surface area (Å²) < 4.78 is 0.477. The van der Waals surface area contributed by atoms with Crippen molar-refractivity contribution in [1.29, 1.82) is 5.26 Å². The Morgan fingerprint density at radius 3 is 2.67 bits per heavy atom. The molecule has 21 heavy (non-hydrogen) atoms. The van der Waals surface area contributed by atoms with Gasteiger partial charge in [0.05, 0.1) is 17.4 Å². The summed E-state index contributed by atoms with van der Waals surface area (Å²) in [6, 6.07) is 6.16. The van der Waals surface area contributed by atoms with Gasteiger partial charge in [-0.15, -0.1) is 0 Å². The van der Waals surface area contributed by atoms with Crippen LogP contribution in [0.1, 0.15) is 30.6 Å². The molecular weight excluding hydrogens is 338 g/mol. The number of nitro groups is 1. The van der Waals surface area contributed by atoms with Gasteiger partial charge < -0.3 is 4.90 Å². The van der Waals surface area contributed by atoms with Crippen molar-refractivity contribution in [2.45, 2.75) is 20.3 Å². The fourth-order valence-corrected chi connectivity index (χ4v) is 2.37. The van der Waals surface area contributed by atoms with E-state index >= 15 is 0 Å². The number of nitriles is 1. The Labute approximate surface area is 131 Å². The summed E-state index contributed by atoms with van der Waals surface area (Å²) in [7, 11) is 0. The first kappa shape index (κ1) is 17.1. The molecule has 0 radical (unpaired) electrons. The van der Waals surface area contributed by atoms with Gasteiger partial charge in [0.25, 0.3) is 11.6 Å². The molecule has 0 saturated heterocycles. The lowest BCUT2D eigenvalue weighted by Gasteiger charge is -2.23. The van der Waals surface area contributed by atoms with E-state index in [9.17, 15) is 14.9 Å². The number of carbonyl (C=O) groups is 1. The van der Waals surface area contributed by atoms with Gasteiger partial charge in [0.1, 0.15) is 0 Å². The van der Waals surface area contributed by atoms with Crippen LogP contribution in [0.3, 0.4) is 0 Å². The molecule has 0 aliphatic heterocycles. The van der Waals surface area contributed by atoms with E-state index in [0.29, 0.717) is 17.6 Å². The number of nitrogens with zero attached hydrogens (tertiary/aromatic N) is 3. The predicted octanol–water partition coefficient (Wildman–Crippen LogP) is 3.37. The van der Waals surface area contributed by atoms with E-state index in [1.54, 1.807) is 11.0 Å². The van der Waals surface area contributed by atoms with Crippen LogP contribution in [-0.4, -0.2) is 28.8 Å². The topological polar surface area (TPSA) is 87.2 Å². The first-order chi connectivity index (χ1) is 9.85. The third-order valence-electron chi connectivity index (χ3n) is 2.71. The average Bonchev–Trinajstić information content (AvgIpc) is 2.41. The number of nitro benzene ring substituents is 1. The fraction of sp³-hybridized carbons (Fsp3) is 0.429. The molecule has 0 bridgehead atoms. The number of carbonyl (C=O) groups excluding carboxylic acids is 1. The van der Waals surface area contributed by atoms with E-state index < -0.39 is 4.92 Å². The van der Waals surface area contributed by atoms with Crippen LogP contribution >= 0.6 is 15.9 Å². The van der Waals surface area contributed by atoms with Crippen LogP contribution in [0.2, 0.25) is 0 Å². The van der Waals surface area contributed by atoms with Crippen molar-refractivity contribution in [1.82, 2.24) is 4.90 Å². The molecular formula is C14H16BrN3O3. The summed E-state index contributed by atoms with van der Waals surface area (Å²) in [5, 5.41) is 19.5. The highest BCUT2D eigenvalue weighted by molar-refractivity contribution is 9.10. The van der Waals surface area contributed by atoms with Crippen LogP contribution < -0.4 is 0 Å². The van der Waals surface area contributed by atoms with Gasteiger partial charge in [-0.25, -0.2) is 0 Å². The zero-order chi connectivity index (χ0) is 16.0. The molecule has 112 valence electrons. The second-order valence-corrected chi connectivity index (χ2v) is 5.92. The fourth-order valence-electron chi connectivity index (χ4n) is 1.89. The lowest BCUT2D eigenvalue weighted by atomic mass is 10.1. The van der Waals surface area contributed by atoms with Crippen molar-refractivity contribution in [3.8, 4) is 6.07 Å². The van der Waals surface area contributed by atoms with Crippen LogP contribution in [0, 0.1) is 27.4 Å². The van der Waals surface area contributed by atoms with Crippen LogP contribution in [-0.2, 0) is 0 Å². The van der Waals surface area contributed by atoms with Crippen molar-refractivity contribution < 1.29 is 9.72 Å². The molecule has 0 spiro atoms. The predicted molar refractivity (Wildman–Crippen MR) is 81.8 cm³/mol. The highest BCUT2D eigenvalue weighted by atomic mass is 79.9. The van der Waals surface area contributed by atoms with Gasteiger partial charge in [-0.1, -0.05) is 29.8 Å². The molecule has 0 aliphatic rings. The molecule has 0 fully saturated rings. The summed E-state index contributed by atoms with van der Waals surface area (Å²) in [4.78, 5) is 24.4. The van der Waals surface area contributed by atoms with Crippen LogP contribution in [0.25, 0.3) is 0 Å². The van der Waals surface area contributed by atoms with Gasteiger partial charge in [-0.05, 0) is 12.0 Å². The minimum atomic E-state index is -0.538. The van der Waals surface area contributed by atoms with Crippen molar-refractivity contribution in [2.24, 2.45) is 5.92 Å². The molecule has 0 heterocycles. The van der Waals surface area contributed by atoms with Crippen molar-refractivity contribution >= 4 is 27.5 Å². The molecule has 0 N–H and O–H groups in total. The van der Waals surface area contributed by atoms with E-state index in [1.165, 1.54) is 12.1 Å². The number of hydrogen-bond acceptors (Lipinski definition) is 4. The van der Waals surface area contributed by atoms with E-state index in [-0.39, 0.29) is 29.5 Å². The lowest BCUT2D eigenvalue weighted by molar-refractivity contribution is -0.385. The largest absolute Gasteiger partial charge is 0.337 e. The average molecular weight is 354 g/mol. The molecule has 7 heteroatoms. The number of hydrogen-bond donors (Lipinski definition) is 0. The number of amides is 1. The molecule has 6 nitrogen and oxygen atoms in total. The van der Waals surface area contributed by atoms with Crippen LogP contribution in [0.15, 0.2) is 22.7 Å². The number of halogens is 1. The summed E-state index contributed by atoms with van der Waals surface area (Å²) >= 11 is 3.17. The monoisotopic (exact) mass is 353 g/mol. The Morgan fingerprint density at radius 2 is 2.14 bits per heavy atom. The summed E-state index contributed by atoms with van der Waals surface area (Å²) in [6.07, 6.45) is 0.231. The normalized spacial score (nSPS) is 10.2.